The van der Waals surface area contributed by atoms with Crippen molar-refractivity contribution < 1.29 is 9.90 Å². The molecular weight excluding hydrogens is 240 g/mol. The molecule has 0 saturated heterocycles. The van der Waals surface area contributed by atoms with Gasteiger partial charge >= 0.3 is 5.97 Å². The van der Waals surface area contributed by atoms with Gasteiger partial charge in [0, 0.05) is 18.6 Å². The van der Waals surface area contributed by atoms with Gasteiger partial charge in [-0.3, -0.25) is 4.79 Å². The zero-order valence-electron chi connectivity index (χ0n) is 9.64. The van der Waals surface area contributed by atoms with Crippen LogP contribution in [0.25, 0.3) is 0 Å². The molecule has 5 heteroatoms. The molecule has 90 valence electrons. The summed E-state index contributed by atoms with van der Waals surface area (Å²) in [5, 5.41) is 18.3. The lowest BCUT2D eigenvalue weighted by Crippen LogP contribution is -2.28. The van der Waals surface area contributed by atoms with Crippen LogP contribution in [0.4, 0.5) is 5.69 Å². The summed E-state index contributed by atoms with van der Waals surface area (Å²) in [7, 11) is 1.74. The van der Waals surface area contributed by atoms with Crippen molar-refractivity contribution in [1.82, 2.24) is 0 Å². The third-order valence-electron chi connectivity index (χ3n) is 2.46. The molecular formula is C12H13ClN2O2. The third kappa shape index (κ3) is 3.36. The maximum atomic E-state index is 10.8. The second kappa shape index (κ2) is 5.55. The van der Waals surface area contributed by atoms with E-state index in [0.29, 0.717) is 22.8 Å². The second-order valence-corrected chi connectivity index (χ2v) is 4.33. The van der Waals surface area contributed by atoms with Crippen LogP contribution in [0.3, 0.4) is 0 Å². The largest absolute Gasteiger partial charge is 0.481 e. The first-order valence-corrected chi connectivity index (χ1v) is 5.47. The molecule has 0 aliphatic heterocycles. The number of nitriles is 1. The molecule has 1 aromatic rings. The fourth-order valence-electron chi connectivity index (χ4n) is 1.50. The van der Waals surface area contributed by atoms with Crippen molar-refractivity contribution in [1.29, 1.82) is 5.26 Å². The molecule has 0 unspecified atom stereocenters. The van der Waals surface area contributed by atoms with Crippen LogP contribution in [0.2, 0.25) is 5.02 Å². The number of anilines is 1. The first-order chi connectivity index (χ1) is 7.95. The number of carboxylic acids is 1. The smallest absolute Gasteiger partial charge is 0.308 e. The topological polar surface area (TPSA) is 64.3 Å². The lowest BCUT2D eigenvalue weighted by molar-refractivity contribution is -0.140. The van der Waals surface area contributed by atoms with E-state index in [2.05, 4.69) is 6.07 Å². The van der Waals surface area contributed by atoms with Crippen LogP contribution in [0.15, 0.2) is 18.2 Å². The van der Waals surface area contributed by atoms with E-state index in [1.165, 1.54) is 0 Å². The average Bonchev–Trinajstić information content (AvgIpc) is 2.28. The molecule has 1 aromatic carbocycles. The van der Waals surface area contributed by atoms with E-state index in [1.54, 1.807) is 37.1 Å². The van der Waals surface area contributed by atoms with E-state index in [4.69, 9.17) is 22.0 Å². The monoisotopic (exact) mass is 252 g/mol. The van der Waals surface area contributed by atoms with Gasteiger partial charge in [0.25, 0.3) is 0 Å². The van der Waals surface area contributed by atoms with Crippen LogP contribution in [0, 0.1) is 17.2 Å². The molecule has 0 radical (unpaired) electrons. The van der Waals surface area contributed by atoms with Crippen LogP contribution in [0.5, 0.6) is 0 Å². The fourth-order valence-corrected chi connectivity index (χ4v) is 1.67. The van der Waals surface area contributed by atoms with E-state index >= 15 is 0 Å². The molecule has 1 rings (SSSR count). The quantitative estimate of drug-likeness (QED) is 0.894. The van der Waals surface area contributed by atoms with Gasteiger partial charge in [0.1, 0.15) is 6.07 Å². The Kier molecular flexibility index (Phi) is 4.36. The highest BCUT2D eigenvalue weighted by atomic mass is 35.5. The normalized spacial score (nSPS) is 11.6. The lowest BCUT2D eigenvalue weighted by atomic mass is 10.1. The van der Waals surface area contributed by atoms with Crippen molar-refractivity contribution in [2.45, 2.75) is 6.92 Å². The number of aliphatic carboxylic acids is 1. The van der Waals surface area contributed by atoms with Crippen LogP contribution in [-0.2, 0) is 4.79 Å². The Bertz CT molecular complexity index is 468. The molecule has 0 spiro atoms. The average molecular weight is 253 g/mol. The van der Waals surface area contributed by atoms with Gasteiger partial charge in [-0.1, -0.05) is 18.5 Å². The molecule has 17 heavy (non-hydrogen) atoms. The molecule has 1 N–H and O–H groups in total. The molecule has 0 heterocycles. The van der Waals surface area contributed by atoms with Crippen molar-refractivity contribution in [2.75, 3.05) is 18.5 Å². The van der Waals surface area contributed by atoms with E-state index < -0.39 is 11.9 Å². The first kappa shape index (κ1) is 13.3. The SMILES string of the molecule is C[C@H](CN(C)c1cc(Cl)ccc1C#N)C(=O)O. The Balaban J connectivity index is 2.96. The van der Waals surface area contributed by atoms with Crippen LogP contribution < -0.4 is 4.90 Å². The zero-order valence-corrected chi connectivity index (χ0v) is 10.4. The van der Waals surface area contributed by atoms with Crippen molar-refractivity contribution in [3.05, 3.63) is 28.8 Å². The van der Waals surface area contributed by atoms with Gasteiger partial charge < -0.3 is 10.0 Å². The summed E-state index contributed by atoms with van der Waals surface area (Å²) in [6.45, 7) is 1.94. The molecule has 0 saturated carbocycles. The highest BCUT2D eigenvalue weighted by molar-refractivity contribution is 6.30. The lowest BCUT2D eigenvalue weighted by Gasteiger charge is -2.22. The Hall–Kier alpha value is -1.73. The first-order valence-electron chi connectivity index (χ1n) is 5.09. The molecule has 0 aromatic heterocycles. The molecule has 1 atom stereocenters. The van der Waals surface area contributed by atoms with Gasteiger partial charge in [-0.2, -0.15) is 5.26 Å². The number of hydrogen-bond acceptors (Lipinski definition) is 3. The van der Waals surface area contributed by atoms with Crippen LogP contribution in [-0.4, -0.2) is 24.7 Å². The Morgan fingerprint density at radius 1 is 1.65 bits per heavy atom. The van der Waals surface area contributed by atoms with Crippen molar-refractivity contribution in [2.24, 2.45) is 5.92 Å². The minimum atomic E-state index is -0.864. The molecule has 0 bridgehead atoms. The summed E-state index contributed by atoms with van der Waals surface area (Å²) >= 11 is 5.86. The molecule has 0 fully saturated rings. The second-order valence-electron chi connectivity index (χ2n) is 3.89. The van der Waals surface area contributed by atoms with Crippen molar-refractivity contribution in [3.63, 3.8) is 0 Å². The summed E-state index contributed by atoms with van der Waals surface area (Å²) < 4.78 is 0. The fraction of sp³-hybridized carbons (Fsp3) is 0.333. The number of hydrogen-bond donors (Lipinski definition) is 1. The van der Waals surface area contributed by atoms with E-state index in [1.807, 2.05) is 0 Å². The number of benzene rings is 1. The van der Waals surface area contributed by atoms with Gasteiger partial charge in [0.15, 0.2) is 0 Å². The predicted molar refractivity (Wildman–Crippen MR) is 66.2 cm³/mol. The Morgan fingerprint density at radius 3 is 2.82 bits per heavy atom. The molecule has 0 aliphatic rings. The summed E-state index contributed by atoms with van der Waals surface area (Å²) in [4.78, 5) is 12.5. The van der Waals surface area contributed by atoms with Gasteiger partial charge in [-0.15, -0.1) is 0 Å². The number of carbonyl (C=O) groups is 1. The van der Waals surface area contributed by atoms with E-state index in [-0.39, 0.29) is 0 Å². The number of halogens is 1. The maximum absolute atomic E-state index is 10.8. The third-order valence-corrected chi connectivity index (χ3v) is 2.70. The van der Waals surface area contributed by atoms with Crippen molar-refractivity contribution in [3.8, 4) is 6.07 Å². The van der Waals surface area contributed by atoms with Gasteiger partial charge in [-0.05, 0) is 18.2 Å². The minimum Gasteiger partial charge on any atom is -0.481 e. The maximum Gasteiger partial charge on any atom is 0.308 e. The highest BCUT2D eigenvalue weighted by Gasteiger charge is 2.16. The predicted octanol–water partition coefficient (Wildman–Crippen LogP) is 2.37. The molecule has 0 aliphatic carbocycles. The Labute approximate surface area is 105 Å². The summed E-state index contributed by atoms with van der Waals surface area (Å²) in [6, 6.07) is 6.98. The number of nitrogens with zero attached hydrogens (tertiary/aromatic N) is 2. The van der Waals surface area contributed by atoms with Gasteiger partial charge in [0.05, 0.1) is 17.2 Å². The standard InChI is InChI=1S/C12H13ClN2O2/c1-8(12(16)17)7-15(2)11-5-10(13)4-3-9(11)6-14/h3-5,8H,7H2,1-2H3,(H,16,17)/t8-/m1/s1. The van der Waals surface area contributed by atoms with Crippen molar-refractivity contribution >= 4 is 23.3 Å². The summed E-state index contributed by atoms with van der Waals surface area (Å²) in [6.07, 6.45) is 0. The van der Waals surface area contributed by atoms with E-state index in [9.17, 15) is 4.79 Å². The number of rotatable bonds is 4. The molecule has 0 amide bonds. The van der Waals surface area contributed by atoms with Gasteiger partial charge in [0.2, 0.25) is 0 Å². The van der Waals surface area contributed by atoms with E-state index in [0.717, 1.165) is 0 Å². The molecule has 4 nitrogen and oxygen atoms in total. The van der Waals surface area contributed by atoms with Gasteiger partial charge in [-0.25, -0.2) is 0 Å². The summed E-state index contributed by atoms with van der Waals surface area (Å²) in [5.41, 5.74) is 1.13. The highest BCUT2D eigenvalue weighted by Crippen LogP contribution is 2.24. The number of carboxylic acid groups (broad SMARTS) is 1. The summed E-state index contributed by atoms with van der Waals surface area (Å²) in [5.74, 6) is -1.37. The minimum absolute atomic E-state index is 0.324. The van der Waals surface area contributed by atoms with Crippen LogP contribution in [0.1, 0.15) is 12.5 Å². The zero-order chi connectivity index (χ0) is 13.0. The van der Waals surface area contributed by atoms with Crippen LogP contribution >= 0.6 is 11.6 Å². The Morgan fingerprint density at radius 2 is 2.29 bits per heavy atom.